The van der Waals surface area contributed by atoms with E-state index in [1.165, 1.54) is 24.8 Å². The second-order valence-corrected chi connectivity index (χ2v) is 5.12. The number of unbranched alkanes of at least 4 members (excludes halogenated alkanes) is 1. The summed E-state index contributed by atoms with van der Waals surface area (Å²) in [6.45, 7) is 5.90. The van der Waals surface area contributed by atoms with Crippen LogP contribution in [0.15, 0.2) is 18.2 Å². The molecule has 0 radical (unpaired) electrons. The molecule has 0 spiro atoms. The van der Waals surface area contributed by atoms with E-state index in [1.807, 2.05) is 6.07 Å². The zero-order valence-electron chi connectivity index (χ0n) is 10.9. The second-order valence-electron chi connectivity index (χ2n) is 5.12. The largest absolute Gasteiger partial charge is 0.486 e. The first kappa shape index (κ1) is 12.3. The maximum Gasteiger partial charge on any atom is 0.161 e. The van der Waals surface area contributed by atoms with E-state index >= 15 is 0 Å². The third kappa shape index (κ3) is 3.65. The van der Waals surface area contributed by atoms with Crippen molar-refractivity contribution in [1.29, 1.82) is 0 Å². The Bertz CT molecular complexity index is 358. The minimum absolute atomic E-state index is 0.667. The Morgan fingerprint density at radius 3 is 2.59 bits per heavy atom. The van der Waals surface area contributed by atoms with Crippen LogP contribution in [0.2, 0.25) is 0 Å². The number of rotatable bonds is 5. The number of benzene rings is 1. The van der Waals surface area contributed by atoms with Crippen LogP contribution in [0.3, 0.4) is 0 Å². The molecule has 2 rings (SSSR count). The van der Waals surface area contributed by atoms with Crippen LogP contribution in [0, 0.1) is 5.92 Å². The van der Waals surface area contributed by atoms with Crippen LogP contribution in [-0.2, 0) is 6.42 Å². The summed E-state index contributed by atoms with van der Waals surface area (Å²) in [5.74, 6) is 2.62. The van der Waals surface area contributed by atoms with Gasteiger partial charge in [0.15, 0.2) is 11.5 Å². The minimum Gasteiger partial charge on any atom is -0.486 e. The number of hydrogen-bond donors (Lipinski definition) is 0. The standard InChI is InChI=1S/C15H22O2/c1-12(2)5-3-4-6-13-7-8-14-15(11-13)17-10-9-16-14/h7-8,11-12H,3-6,9-10H2,1-2H3. The van der Waals surface area contributed by atoms with Gasteiger partial charge in [-0.1, -0.05) is 32.8 Å². The minimum atomic E-state index is 0.667. The Morgan fingerprint density at radius 1 is 1.06 bits per heavy atom. The normalized spacial score (nSPS) is 14.1. The van der Waals surface area contributed by atoms with E-state index in [1.54, 1.807) is 0 Å². The topological polar surface area (TPSA) is 18.5 Å². The van der Waals surface area contributed by atoms with Gasteiger partial charge in [0.1, 0.15) is 13.2 Å². The average Bonchev–Trinajstić information content (AvgIpc) is 2.34. The molecular weight excluding hydrogens is 212 g/mol. The van der Waals surface area contributed by atoms with Crippen LogP contribution in [-0.4, -0.2) is 13.2 Å². The first-order valence-electron chi connectivity index (χ1n) is 6.64. The van der Waals surface area contributed by atoms with Gasteiger partial charge in [-0.15, -0.1) is 0 Å². The van der Waals surface area contributed by atoms with Gasteiger partial charge in [-0.3, -0.25) is 0 Å². The lowest BCUT2D eigenvalue weighted by atomic mass is 10.0. The molecule has 0 saturated heterocycles. The monoisotopic (exact) mass is 234 g/mol. The first-order chi connectivity index (χ1) is 8.25. The van der Waals surface area contributed by atoms with Crippen LogP contribution in [0.1, 0.15) is 38.7 Å². The quantitative estimate of drug-likeness (QED) is 0.721. The fourth-order valence-electron chi connectivity index (χ4n) is 2.12. The van der Waals surface area contributed by atoms with Crippen LogP contribution < -0.4 is 9.47 Å². The molecule has 0 N–H and O–H groups in total. The van der Waals surface area contributed by atoms with Crippen LogP contribution >= 0.6 is 0 Å². The predicted molar refractivity (Wildman–Crippen MR) is 69.8 cm³/mol. The van der Waals surface area contributed by atoms with Crippen molar-refractivity contribution in [3.05, 3.63) is 23.8 Å². The molecule has 0 unspecified atom stereocenters. The van der Waals surface area contributed by atoms with Crippen molar-refractivity contribution >= 4 is 0 Å². The predicted octanol–water partition coefficient (Wildman–Crippen LogP) is 3.83. The lowest BCUT2D eigenvalue weighted by molar-refractivity contribution is 0.171. The van der Waals surface area contributed by atoms with Crippen LogP contribution in [0.4, 0.5) is 0 Å². The smallest absolute Gasteiger partial charge is 0.161 e. The highest BCUT2D eigenvalue weighted by molar-refractivity contribution is 5.43. The van der Waals surface area contributed by atoms with Gasteiger partial charge in [-0.25, -0.2) is 0 Å². The van der Waals surface area contributed by atoms with Gasteiger partial charge in [0.2, 0.25) is 0 Å². The molecule has 0 atom stereocenters. The van der Waals surface area contributed by atoms with E-state index in [0.29, 0.717) is 13.2 Å². The van der Waals surface area contributed by atoms with Crippen LogP contribution in [0.25, 0.3) is 0 Å². The molecule has 0 bridgehead atoms. The van der Waals surface area contributed by atoms with Crippen molar-refractivity contribution in [1.82, 2.24) is 0 Å². The Labute approximate surface area is 104 Å². The van der Waals surface area contributed by atoms with Gasteiger partial charge in [0, 0.05) is 0 Å². The Balaban J connectivity index is 1.85. The highest BCUT2D eigenvalue weighted by Gasteiger charge is 2.11. The van der Waals surface area contributed by atoms with E-state index in [4.69, 9.17) is 9.47 Å². The number of fused-ring (bicyclic) bond motifs is 1. The molecule has 1 aromatic carbocycles. The summed E-state index contributed by atoms with van der Waals surface area (Å²) in [6, 6.07) is 6.32. The molecule has 1 aliphatic heterocycles. The maximum absolute atomic E-state index is 5.58. The molecular formula is C15H22O2. The molecule has 1 heterocycles. The van der Waals surface area contributed by atoms with Gasteiger partial charge >= 0.3 is 0 Å². The van der Waals surface area contributed by atoms with Gasteiger partial charge < -0.3 is 9.47 Å². The van der Waals surface area contributed by atoms with Crippen molar-refractivity contribution in [3.8, 4) is 11.5 Å². The lowest BCUT2D eigenvalue weighted by Gasteiger charge is -2.18. The summed E-state index contributed by atoms with van der Waals surface area (Å²) >= 11 is 0. The average molecular weight is 234 g/mol. The summed E-state index contributed by atoms with van der Waals surface area (Å²) in [7, 11) is 0. The molecule has 2 nitrogen and oxygen atoms in total. The molecule has 0 aliphatic carbocycles. The van der Waals surface area contributed by atoms with Gasteiger partial charge in [0.25, 0.3) is 0 Å². The number of aryl methyl sites for hydroxylation is 1. The number of ether oxygens (including phenoxy) is 2. The van der Waals surface area contributed by atoms with E-state index in [-0.39, 0.29) is 0 Å². The molecule has 0 fully saturated rings. The van der Waals surface area contributed by atoms with Gasteiger partial charge in [0.05, 0.1) is 0 Å². The molecule has 17 heavy (non-hydrogen) atoms. The summed E-state index contributed by atoms with van der Waals surface area (Å²) in [6.07, 6.45) is 5.04. The lowest BCUT2D eigenvalue weighted by Crippen LogP contribution is -2.15. The molecule has 1 aliphatic rings. The fraction of sp³-hybridized carbons (Fsp3) is 0.600. The molecule has 1 aromatic rings. The van der Waals surface area contributed by atoms with Crippen molar-refractivity contribution in [2.75, 3.05) is 13.2 Å². The molecule has 0 saturated carbocycles. The van der Waals surface area contributed by atoms with Crippen molar-refractivity contribution in [2.45, 2.75) is 39.5 Å². The first-order valence-corrected chi connectivity index (χ1v) is 6.64. The molecule has 0 amide bonds. The third-order valence-corrected chi connectivity index (χ3v) is 3.10. The summed E-state index contributed by atoms with van der Waals surface area (Å²) in [5, 5.41) is 0. The highest BCUT2D eigenvalue weighted by atomic mass is 16.6. The third-order valence-electron chi connectivity index (χ3n) is 3.10. The number of hydrogen-bond acceptors (Lipinski definition) is 2. The highest BCUT2D eigenvalue weighted by Crippen LogP contribution is 2.31. The SMILES string of the molecule is CC(C)CCCCc1ccc2c(c1)OCCO2. The summed E-state index contributed by atoms with van der Waals surface area (Å²) in [4.78, 5) is 0. The van der Waals surface area contributed by atoms with E-state index in [9.17, 15) is 0 Å². The molecule has 94 valence electrons. The van der Waals surface area contributed by atoms with E-state index < -0.39 is 0 Å². The zero-order chi connectivity index (χ0) is 12.1. The van der Waals surface area contributed by atoms with Gasteiger partial charge in [-0.05, 0) is 36.5 Å². The van der Waals surface area contributed by atoms with E-state index in [0.717, 1.165) is 23.8 Å². The fourth-order valence-corrected chi connectivity index (χ4v) is 2.12. The Hall–Kier alpha value is -1.18. The van der Waals surface area contributed by atoms with E-state index in [2.05, 4.69) is 26.0 Å². The second kappa shape index (κ2) is 5.95. The Kier molecular flexibility index (Phi) is 4.29. The Morgan fingerprint density at radius 2 is 1.82 bits per heavy atom. The summed E-state index contributed by atoms with van der Waals surface area (Å²) < 4.78 is 11.1. The van der Waals surface area contributed by atoms with Crippen molar-refractivity contribution in [2.24, 2.45) is 5.92 Å². The zero-order valence-corrected chi connectivity index (χ0v) is 10.9. The van der Waals surface area contributed by atoms with Crippen LogP contribution in [0.5, 0.6) is 11.5 Å². The van der Waals surface area contributed by atoms with Crippen molar-refractivity contribution in [3.63, 3.8) is 0 Å². The molecule has 2 heteroatoms. The molecule has 0 aromatic heterocycles. The van der Waals surface area contributed by atoms with Crippen molar-refractivity contribution < 1.29 is 9.47 Å². The van der Waals surface area contributed by atoms with Gasteiger partial charge in [-0.2, -0.15) is 0 Å². The summed E-state index contributed by atoms with van der Waals surface area (Å²) in [5.41, 5.74) is 1.36. The maximum atomic E-state index is 5.58.